The van der Waals surface area contributed by atoms with E-state index in [1.165, 1.54) is 38.5 Å². The summed E-state index contributed by atoms with van der Waals surface area (Å²) in [7, 11) is 1.46. The van der Waals surface area contributed by atoms with Crippen molar-refractivity contribution in [3.05, 3.63) is 27.7 Å². The molecule has 0 heterocycles. The van der Waals surface area contributed by atoms with Gasteiger partial charge in [-0.25, -0.2) is 0 Å². The number of ether oxygens (including phenoxy) is 1. The third kappa shape index (κ3) is 7.67. The predicted molar refractivity (Wildman–Crippen MR) is 108 cm³/mol. The van der Waals surface area contributed by atoms with E-state index in [9.17, 15) is 4.79 Å². The van der Waals surface area contributed by atoms with Gasteiger partial charge < -0.3 is 10.1 Å². The number of carbonyl (C=O) groups is 1. The van der Waals surface area contributed by atoms with E-state index in [4.69, 9.17) is 40.2 Å². The van der Waals surface area contributed by atoms with Gasteiger partial charge in [0.1, 0.15) is 0 Å². The molecular weight excluding hydrogens is 381 g/mol. The average Bonchev–Trinajstić information content (AvgIpc) is 2.57. The molecule has 0 fully saturated rings. The number of unbranched alkanes of at least 4 members (excludes halogenated alkanes) is 2. The van der Waals surface area contributed by atoms with Crippen molar-refractivity contribution in [2.24, 2.45) is 5.92 Å². The highest BCUT2D eigenvalue weighted by atomic mass is 35.5. The van der Waals surface area contributed by atoms with Crippen LogP contribution in [-0.4, -0.2) is 24.7 Å². The maximum Gasteiger partial charge on any atom is 0.269 e. The minimum Gasteiger partial charge on any atom is -0.494 e. The summed E-state index contributed by atoms with van der Waals surface area (Å²) in [5.74, 6) is 0.454. The zero-order valence-corrected chi connectivity index (χ0v) is 17.1. The van der Waals surface area contributed by atoms with E-state index in [0.29, 0.717) is 22.3 Å². The number of amides is 1. The van der Waals surface area contributed by atoms with Crippen molar-refractivity contribution in [2.75, 3.05) is 13.7 Å². The Bertz CT molecular complexity index is 576. The topological polar surface area (TPSA) is 62.4 Å². The molecule has 0 saturated carbocycles. The summed E-state index contributed by atoms with van der Waals surface area (Å²) in [5, 5.41) is 3.98. The first-order chi connectivity index (χ1) is 11.9. The molecule has 1 aromatic carbocycles. The van der Waals surface area contributed by atoms with Gasteiger partial charge in [0.05, 0.1) is 17.2 Å². The number of hydrogen-bond donors (Lipinski definition) is 3. The van der Waals surface area contributed by atoms with E-state index in [2.05, 4.69) is 30.0 Å². The van der Waals surface area contributed by atoms with Crippen LogP contribution >= 0.6 is 35.4 Å². The van der Waals surface area contributed by atoms with Gasteiger partial charge in [-0.1, -0.05) is 56.3 Å². The fraction of sp³-hybridized carbons (Fsp3) is 0.529. The van der Waals surface area contributed by atoms with Crippen LogP contribution in [0.15, 0.2) is 12.1 Å². The van der Waals surface area contributed by atoms with E-state index in [1.54, 1.807) is 0 Å². The molecule has 1 rings (SSSR count). The van der Waals surface area contributed by atoms with E-state index in [1.807, 2.05) is 0 Å². The standard InChI is InChI=1S/C17H25Cl2N3O2S/c1-4-5-6-7-11(2)10-20-17(25)22-21-16(23)12-8-13(18)15(24-3)14(19)9-12/h8-9,11H,4-7,10H2,1-3H3,(H,21,23)(H2,20,22,25)/t11-/m1/s1. The molecule has 0 aromatic heterocycles. The fourth-order valence-corrected chi connectivity index (χ4v) is 3.00. The predicted octanol–water partition coefficient (Wildman–Crippen LogP) is 4.33. The minimum atomic E-state index is -0.397. The number of rotatable bonds is 8. The highest BCUT2D eigenvalue weighted by Crippen LogP contribution is 2.33. The molecule has 140 valence electrons. The van der Waals surface area contributed by atoms with E-state index < -0.39 is 5.91 Å². The molecule has 1 atom stereocenters. The molecule has 3 N–H and O–H groups in total. The molecule has 0 bridgehead atoms. The monoisotopic (exact) mass is 405 g/mol. The van der Waals surface area contributed by atoms with Gasteiger partial charge in [0.2, 0.25) is 0 Å². The third-order valence-electron chi connectivity index (χ3n) is 3.67. The number of thiocarbonyl (C=S) groups is 1. The van der Waals surface area contributed by atoms with E-state index in [-0.39, 0.29) is 10.0 Å². The molecule has 0 aliphatic carbocycles. The van der Waals surface area contributed by atoms with Crippen molar-refractivity contribution in [2.45, 2.75) is 39.5 Å². The summed E-state index contributed by atoms with van der Waals surface area (Å²) in [4.78, 5) is 12.1. The summed E-state index contributed by atoms with van der Waals surface area (Å²) in [5.41, 5.74) is 5.50. The molecule has 0 aliphatic heterocycles. The molecule has 5 nitrogen and oxygen atoms in total. The van der Waals surface area contributed by atoms with Crippen LogP contribution in [0.2, 0.25) is 10.0 Å². The molecule has 1 aromatic rings. The van der Waals surface area contributed by atoms with Crippen LogP contribution in [0.3, 0.4) is 0 Å². The molecule has 8 heteroatoms. The first kappa shape index (κ1) is 21.8. The lowest BCUT2D eigenvalue weighted by Crippen LogP contribution is -2.47. The Morgan fingerprint density at radius 1 is 1.24 bits per heavy atom. The second kappa shape index (κ2) is 11.4. The summed E-state index contributed by atoms with van der Waals surface area (Å²) in [6, 6.07) is 2.96. The summed E-state index contributed by atoms with van der Waals surface area (Å²) in [6.45, 7) is 5.12. The number of nitrogens with one attached hydrogen (secondary N) is 3. The van der Waals surface area contributed by atoms with Gasteiger partial charge in [-0.2, -0.15) is 0 Å². The van der Waals surface area contributed by atoms with Crippen LogP contribution in [0.1, 0.15) is 49.9 Å². The average molecular weight is 406 g/mol. The van der Waals surface area contributed by atoms with Crippen molar-refractivity contribution in [1.29, 1.82) is 0 Å². The van der Waals surface area contributed by atoms with Crippen LogP contribution in [0.4, 0.5) is 0 Å². The first-order valence-corrected chi connectivity index (χ1v) is 9.42. The molecule has 25 heavy (non-hydrogen) atoms. The van der Waals surface area contributed by atoms with Crippen LogP contribution in [-0.2, 0) is 0 Å². The quantitative estimate of drug-likeness (QED) is 0.341. The second-order valence-corrected chi connectivity index (χ2v) is 7.09. The number of halogens is 2. The maximum atomic E-state index is 12.1. The lowest BCUT2D eigenvalue weighted by atomic mass is 10.0. The zero-order chi connectivity index (χ0) is 18.8. The van der Waals surface area contributed by atoms with Crippen LogP contribution in [0.25, 0.3) is 0 Å². The van der Waals surface area contributed by atoms with Gasteiger partial charge in [-0.3, -0.25) is 15.6 Å². The van der Waals surface area contributed by atoms with Crippen LogP contribution < -0.4 is 20.9 Å². The summed E-state index contributed by atoms with van der Waals surface area (Å²) in [6.07, 6.45) is 4.83. The Labute approximate surface area is 164 Å². The van der Waals surface area contributed by atoms with Crippen molar-refractivity contribution in [1.82, 2.24) is 16.2 Å². The normalized spacial score (nSPS) is 11.6. The Balaban J connectivity index is 2.42. The molecule has 0 radical (unpaired) electrons. The molecule has 0 aliphatic rings. The highest BCUT2D eigenvalue weighted by molar-refractivity contribution is 7.80. The Kier molecular flexibility index (Phi) is 9.93. The smallest absolute Gasteiger partial charge is 0.269 e. The number of hydrogen-bond acceptors (Lipinski definition) is 3. The SMILES string of the molecule is CCCCC[C@@H](C)CNC(=S)NNC(=O)c1cc(Cl)c(OC)c(Cl)c1. The Morgan fingerprint density at radius 2 is 1.88 bits per heavy atom. The van der Waals surface area contributed by atoms with Gasteiger partial charge in [0.25, 0.3) is 5.91 Å². The molecule has 0 unspecified atom stereocenters. The minimum absolute atomic E-state index is 0.266. The van der Waals surface area contributed by atoms with Crippen molar-refractivity contribution in [3.63, 3.8) is 0 Å². The Hall–Kier alpha value is -1.24. The lowest BCUT2D eigenvalue weighted by Gasteiger charge is -2.16. The number of benzene rings is 1. The first-order valence-electron chi connectivity index (χ1n) is 8.26. The summed E-state index contributed by atoms with van der Waals surface area (Å²) < 4.78 is 5.06. The number of methoxy groups -OCH3 is 1. The maximum absolute atomic E-state index is 12.1. The third-order valence-corrected chi connectivity index (χ3v) is 4.47. The fourth-order valence-electron chi connectivity index (χ4n) is 2.23. The molecule has 0 saturated heterocycles. The number of carbonyl (C=O) groups excluding carboxylic acids is 1. The molecule has 1 amide bonds. The zero-order valence-electron chi connectivity index (χ0n) is 14.7. The highest BCUT2D eigenvalue weighted by Gasteiger charge is 2.13. The van der Waals surface area contributed by atoms with Gasteiger partial charge >= 0.3 is 0 Å². The van der Waals surface area contributed by atoms with Crippen LogP contribution in [0.5, 0.6) is 5.75 Å². The molecule has 0 spiro atoms. The Morgan fingerprint density at radius 3 is 2.44 bits per heavy atom. The van der Waals surface area contributed by atoms with Crippen molar-refractivity contribution < 1.29 is 9.53 Å². The van der Waals surface area contributed by atoms with E-state index in [0.717, 1.165) is 13.0 Å². The van der Waals surface area contributed by atoms with Gasteiger partial charge in [-0.05, 0) is 36.7 Å². The second-order valence-electron chi connectivity index (χ2n) is 5.86. The summed E-state index contributed by atoms with van der Waals surface area (Å²) >= 11 is 17.2. The number of hydrazine groups is 1. The lowest BCUT2D eigenvalue weighted by molar-refractivity contribution is 0.0943. The van der Waals surface area contributed by atoms with Gasteiger partial charge in [-0.15, -0.1) is 0 Å². The van der Waals surface area contributed by atoms with Crippen molar-refractivity contribution >= 4 is 46.4 Å². The van der Waals surface area contributed by atoms with Crippen LogP contribution in [0, 0.1) is 5.92 Å². The van der Waals surface area contributed by atoms with Gasteiger partial charge in [0.15, 0.2) is 10.9 Å². The van der Waals surface area contributed by atoms with E-state index >= 15 is 0 Å². The molecular formula is C17H25Cl2N3O2S. The van der Waals surface area contributed by atoms with Crippen molar-refractivity contribution in [3.8, 4) is 5.75 Å². The largest absolute Gasteiger partial charge is 0.494 e. The van der Waals surface area contributed by atoms with Gasteiger partial charge in [0, 0.05) is 12.1 Å².